The van der Waals surface area contributed by atoms with Crippen LogP contribution < -0.4 is 0 Å². The van der Waals surface area contributed by atoms with Crippen molar-refractivity contribution in [3.8, 4) is 0 Å². The number of alkyl halides is 2. The predicted octanol–water partition coefficient (Wildman–Crippen LogP) is 2.86. The van der Waals surface area contributed by atoms with Crippen molar-refractivity contribution in [3.05, 3.63) is 41.7 Å². The third-order valence-electron chi connectivity index (χ3n) is 1.76. The van der Waals surface area contributed by atoms with Crippen LogP contribution >= 0.6 is 0 Å². The van der Waals surface area contributed by atoms with E-state index in [0.29, 0.717) is 5.56 Å². The summed E-state index contributed by atoms with van der Waals surface area (Å²) in [7, 11) is 0. The summed E-state index contributed by atoms with van der Waals surface area (Å²) in [4.78, 5) is 0. The Balaban J connectivity index is 2.27. The lowest BCUT2D eigenvalue weighted by molar-refractivity contribution is 0.159. The first-order chi connectivity index (χ1) is 5.59. The van der Waals surface area contributed by atoms with Crippen LogP contribution in [0.25, 0.3) is 5.57 Å². The van der Waals surface area contributed by atoms with E-state index in [2.05, 4.69) is 0 Å². The van der Waals surface area contributed by atoms with Gasteiger partial charge in [0.25, 0.3) is 5.92 Å². The fraction of sp³-hybridized carbons (Fsp3) is 0.111. The van der Waals surface area contributed by atoms with Gasteiger partial charge in [-0.1, -0.05) is 12.1 Å². The zero-order valence-corrected chi connectivity index (χ0v) is 6.02. The van der Waals surface area contributed by atoms with Gasteiger partial charge in [0.1, 0.15) is 5.82 Å². The lowest BCUT2D eigenvalue weighted by Gasteiger charge is -1.97. The Bertz CT molecular complexity index is 335. The minimum atomic E-state index is -2.77. The number of hydrogen-bond donors (Lipinski definition) is 0. The molecule has 0 saturated heterocycles. The minimum absolute atomic E-state index is 0.0116. The van der Waals surface area contributed by atoms with E-state index in [1.807, 2.05) is 0 Å². The van der Waals surface area contributed by atoms with Gasteiger partial charge >= 0.3 is 0 Å². The van der Waals surface area contributed by atoms with E-state index in [0.717, 1.165) is 6.08 Å². The summed E-state index contributed by atoms with van der Waals surface area (Å²) in [6, 6.07) is 5.04. The Morgan fingerprint density at radius 3 is 1.92 bits per heavy atom. The third kappa shape index (κ3) is 1.11. The molecular formula is C9H5F3. The summed E-state index contributed by atoms with van der Waals surface area (Å²) >= 11 is 0. The zero-order valence-electron chi connectivity index (χ0n) is 6.02. The summed E-state index contributed by atoms with van der Waals surface area (Å²) in [6.07, 6.45) is 0.861. The maximum Gasteiger partial charge on any atom is 0.292 e. The Hall–Kier alpha value is -1.25. The highest BCUT2D eigenvalue weighted by atomic mass is 19.3. The molecule has 0 spiro atoms. The minimum Gasteiger partial charge on any atom is -0.207 e. The van der Waals surface area contributed by atoms with Crippen LogP contribution in [0.4, 0.5) is 13.2 Å². The van der Waals surface area contributed by atoms with E-state index in [1.165, 1.54) is 24.3 Å². The normalized spacial score (nSPS) is 18.8. The quantitative estimate of drug-likeness (QED) is 0.607. The fourth-order valence-corrected chi connectivity index (χ4v) is 1.05. The van der Waals surface area contributed by atoms with Gasteiger partial charge in [0.15, 0.2) is 0 Å². The Kier molecular flexibility index (Phi) is 1.31. The maximum absolute atomic E-state index is 12.4. The Morgan fingerprint density at radius 1 is 1.00 bits per heavy atom. The summed E-state index contributed by atoms with van der Waals surface area (Å²) in [5, 5.41) is 0. The van der Waals surface area contributed by atoms with Crippen LogP contribution in [0.2, 0.25) is 0 Å². The standard InChI is InChI=1S/C9H5F3/c10-7-3-1-6(2-4-7)8-5-9(8,11)12/h1-5H. The first-order valence-corrected chi connectivity index (χ1v) is 3.47. The molecule has 0 amide bonds. The van der Waals surface area contributed by atoms with E-state index >= 15 is 0 Å². The molecule has 0 atom stereocenters. The van der Waals surface area contributed by atoms with Gasteiger partial charge in [-0.2, -0.15) is 8.78 Å². The van der Waals surface area contributed by atoms with Crippen LogP contribution in [0, 0.1) is 5.82 Å². The second-order valence-corrected chi connectivity index (χ2v) is 2.69. The van der Waals surface area contributed by atoms with Crippen molar-refractivity contribution in [2.75, 3.05) is 0 Å². The number of benzene rings is 1. The maximum atomic E-state index is 12.4. The molecule has 0 aliphatic heterocycles. The molecule has 1 aromatic carbocycles. The number of allylic oxidation sites excluding steroid dienone is 2. The Labute approximate surface area is 67.3 Å². The van der Waals surface area contributed by atoms with E-state index in [1.54, 1.807) is 0 Å². The van der Waals surface area contributed by atoms with Gasteiger partial charge in [-0.15, -0.1) is 0 Å². The second-order valence-electron chi connectivity index (χ2n) is 2.69. The van der Waals surface area contributed by atoms with Crippen LogP contribution in [0.15, 0.2) is 30.3 Å². The van der Waals surface area contributed by atoms with Crippen molar-refractivity contribution in [2.45, 2.75) is 5.92 Å². The highest BCUT2D eigenvalue weighted by Gasteiger charge is 2.45. The second kappa shape index (κ2) is 2.12. The van der Waals surface area contributed by atoms with E-state index in [-0.39, 0.29) is 5.57 Å². The van der Waals surface area contributed by atoms with Crippen LogP contribution in [0.5, 0.6) is 0 Å². The molecular weight excluding hydrogens is 165 g/mol. The first kappa shape index (κ1) is 7.40. The topological polar surface area (TPSA) is 0 Å². The van der Waals surface area contributed by atoms with E-state index in [4.69, 9.17) is 0 Å². The number of hydrogen-bond acceptors (Lipinski definition) is 0. The molecule has 1 aliphatic rings. The van der Waals surface area contributed by atoms with Crippen molar-refractivity contribution < 1.29 is 13.2 Å². The summed E-state index contributed by atoms with van der Waals surface area (Å²) < 4.78 is 37.1. The average Bonchev–Trinajstić information content (AvgIpc) is 2.61. The molecule has 0 radical (unpaired) electrons. The highest BCUT2D eigenvalue weighted by molar-refractivity contribution is 5.85. The fourth-order valence-electron chi connectivity index (χ4n) is 1.05. The van der Waals surface area contributed by atoms with Crippen molar-refractivity contribution in [2.24, 2.45) is 0 Å². The first-order valence-electron chi connectivity index (χ1n) is 3.47. The van der Waals surface area contributed by atoms with Crippen LogP contribution in [0.1, 0.15) is 5.56 Å². The van der Waals surface area contributed by atoms with Gasteiger partial charge in [0.2, 0.25) is 0 Å². The van der Waals surface area contributed by atoms with Crippen molar-refractivity contribution in [1.82, 2.24) is 0 Å². The molecule has 0 unspecified atom stereocenters. The van der Waals surface area contributed by atoms with Crippen LogP contribution in [-0.4, -0.2) is 5.92 Å². The molecule has 0 aromatic heterocycles. The number of halogens is 3. The van der Waals surface area contributed by atoms with Gasteiger partial charge in [-0.3, -0.25) is 0 Å². The molecule has 1 aromatic rings. The highest BCUT2D eigenvalue weighted by Crippen LogP contribution is 2.47. The molecule has 0 heterocycles. The van der Waals surface area contributed by atoms with Crippen molar-refractivity contribution >= 4 is 5.57 Å². The van der Waals surface area contributed by atoms with Gasteiger partial charge in [-0.05, 0) is 23.8 Å². The van der Waals surface area contributed by atoms with Gasteiger partial charge < -0.3 is 0 Å². The smallest absolute Gasteiger partial charge is 0.207 e. The molecule has 3 heteroatoms. The predicted molar refractivity (Wildman–Crippen MR) is 39.3 cm³/mol. The summed E-state index contributed by atoms with van der Waals surface area (Å²) in [5.74, 6) is -3.18. The molecule has 62 valence electrons. The van der Waals surface area contributed by atoms with Crippen molar-refractivity contribution in [1.29, 1.82) is 0 Å². The number of rotatable bonds is 1. The van der Waals surface area contributed by atoms with Crippen molar-refractivity contribution in [3.63, 3.8) is 0 Å². The summed E-state index contributed by atoms with van der Waals surface area (Å²) in [5.41, 5.74) is 0.379. The molecule has 0 nitrogen and oxygen atoms in total. The average molecular weight is 170 g/mol. The molecule has 2 rings (SSSR count). The molecule has 0 bridgehead atoms. The van der Waals surface area contributed by atoms with Gasteiger partial charge in [0.05, 0.1) is 0 Å². The molecule has 0 fully saturated rings. The third-order valence-corrected chi connectivity index (χ3v) is 1.76. The lowest BCUT2D eigenvalue weighted by atomic mass is 10.1. The molecule has 0 saturated carbocycles. The van der Waals surface area contributed by atoms with Gasteiger partial charge in [0, 0.05) is 5.57 Å². The molecule has 0 N–H and O–H groups in total. The van der Waals surface area contributed by atoms with Crippen LogP contribution in [-0.2, 0) is 0 Å². The molecule has 12 heavy (non-hydrogen) atoms. The molecule has 1 aliphatic carbocycles. The SMILES string of the molecule is Fc1ccc(C2=CC2(F)F)cc1. The monoisotopic (exact) mass is 170 g/mol. The lowest BCUT2D eigenvalue weighted by Crippen LogP contribution is -1.93. The summed E-state index contributed by atoms with van der Waals surface area (Å²) in [6.45, 7) is 0. The van der Waals surface area contributed by atoms with E-state index in [9.17, 15) is 13.2 Å². The van der Waals surface area contributed by atoms with Gasteiger partial charge in [-0.25, -0.2) is 4.39 Å². The Morgan fingerprint density at radius 2 is 1.50 bits per heavy atom. The zero-order chi connectivity index (χ0) is 8.77. The largest absolute Gasteiger partial charge is 0.292 e. The van der Waals surface area contributed by atoms with E-state index < -0.39 is 11.7 Å². The van der Waals surface area contributed by atoms with Crippen LogP contribution in [0.3, 0.4) is 0 Å².